The number of carbonyl (C=O) groups is 2. The standard InChI is InChI=1S/C48H54N4O2/c1-45(2,3)29-47(7,8)51-43(53)37-27-41(31-17-13-11-14-18-31)49-39-23-21-33(25-35(37)39)34-22-24-40-36(26-34)38(28-42(50-40)32-19-15-12-16-20-32)44(54)52-48(9,10)30-46(4,5)6/h11-28H,29-30H2,1-10H3,(H,51,53)(H,52,54). The second-order valence-corrected chi connectivity index (χ2v) is 18.5. The van der Waals surface area contributed by atoms with E-state index < -0.39 is 11.1 Å². The third-order valence-electron chi connectivity index (χ3n) is 9.43. The predicted molar refractivity (Wildman–Crippen MR) is 225 cm³/mol. The van der Waals surface area contributed by atoms with Crippen LogP contribution in [0.3, 0.4) is 0 Å². The van der Waals surface area contributed by atoms with Crippen molar-refractivity contribution >= 4 is 33.6 Å². The highest BCUT2D eigenvalue weighted by Gasteiger charge is 2.30. The fourth-order valence-corrected chi connectivity index (χ4v) is 8.19. The first-order valence-electron chi connectivity index (χ1n) is 18.9. The van der Waals surface area contributed by atoms with Crippen LogP contribution in [0.2, 0.25) is 0 Å². The van der Waals surface area contributed by atoms with E-state index in [1.165, 1.54) is 0 Å². The summed E-state index contributed by atoms with van der Waals surface area (Å²) in [6, 6.07) is 35.9. The molecule has 0 spiro atoms. The van der Waals surface area contributed by atoms with Gasteiger partial charge in [0.25, 0.3) is 11.8 Å². The zero-order chi connectivity index (χ0) is 39.1. The molecule has 4 aromatic carbocycles. The third-order valence-corrected chi connectivity index (χ3v) is 9.43. The van der Waals surface area contributed by atoms with Crippen molar-refractivity contribution in [3.63, 3.8) is 0 Å². The molecule has 6 rings (SSSR count). The second-order valence-electron chi connectivity index (χ2n) is 18.5. The van der Waals surface area contributed by atoms with Crippen molar-refractivity contribution in [1.29, 1.82) is 0 Å². The van der Waals surface area contributed by atoms with Crippen LogP contribution in [0.15, 0.2) is 109 Å². The van der Waals surface area contributed by atoms with Crippen LogP contribution >= 0.6 is 0 Å². The Bertz CT molecular complexity index is 2160. The highest BCUT2D eigenvalue weighted by Crippen LogP contribution is 2.34. The largest absolute Gasteiger partial charge is 0.347 e. The molecule has 2 aromatic heterocycles. The lowest BCUT2D eigenvalue weighted by Gasteiger charge is -2.33. The summed E-state index contributed by atoms with van der Waals surface area (Å²) < 4.78 is 0. The van der Waals surface area contributed by atoms with E-state index in [0.29, 0.717) is 11.1 Å². The molecule has 6 heteroatoms. The molecular formula is C48H54N4O2. The van der Waals surface area contributed by atoms with E-state index in [1.54, 1.807) is 0 Å². The summed E-state index contributed by atoms with van der Waals surface area (Å²) in [6.07, 6.45) is 1.62. The van der Waals surface area contributed by atoms with E-state index in [-0.39, 0.29) is 22.6 Å². The first-order chi connectivity index (χ1) is 25.3. The van der Waals surface area contributed by atoms with Crippen molar-refractivity contribution in [2.75, 3.05) is 0 Å². The molecule has 0 unspecified atom stereocenters. The average Bonchev–Trinajstić information content (AvgIpc) is 3.08. The summed E-state index contributed by atoms with van der Waals surface area (Å²) in [7, 11) is 0. The summed E-state index contributed by atoms with van der Waals surface area (Å²) in [6.45, 7) is 21.4. The van der Waals surface area contributed by atoms with Gasteiger partial charge in [-0.3, -0.25) is 9.59 Å². The molecule has 0 atom stereocenters. The Hall–Kier alpha value is -5.36. The van der Waals surface area contributed by atoms with Crippen molar-refractivity contribution in [2.24, 2.45) is 10.8 Å². The quantitative estimate of drug-likeness (QED) is 0.156. The monoisotopic (exact) mass is 718 g/mol. The van der Waals surface area contributed by atoms with Gasteiger partial charge in [-0.15, -0.1) is 0 Å². The lowest BCUT2D eigenvalue weighted by molar-refractivity contribution is 0.0882. The molecule has 2 N–H and O–H groups in total. The number of nitrogens with zero attached hydrogens (tertiary/aromatic N) is 2. The van der Waals surface area contributed by atoms with Gasteiger partial charge < -0.3 is 10.6 Å². The van der Waals surface area contributed by atoms with E-state index in [0.717, 1.165) is 68.3 Å². The Morgan fingerprint density at radius 3 is 1.15 bits per heavy atom. The Labute approximate surface area is 320 Å². The predicted octanol–water partition coefficient (Wildman–Crippen LogP) is 11.7. The fourth-order valence-electron chi connectivity index (χ4n) is 8.19. The zero-order valence-electron chi connectivity index (χ0n) is 33.5. The summed E-state index contributed by atoms with van der Waals surface area (Å²) in [5, 5.41) is 8.19. The smallest absolute Gasteiger partial charge is 0.252 e. The second kappa shape index (κ2) is 14.5. The first kappa shape index (κ1) is 38.4. The molecule has 54 heavy (non-hydrogen) atoms. The Morgan fingerprint density at radius 2 is 0.815 bits per heavy atom. The van der Waals surface area contributed by atoms with Crippen LogP contribution in [0.5, 0.6) is 0 Å². The van der Waals surface area contributed by atoms with Gasteiger partial charge in [-0.25, -0.2) is 9.97 Å². The van der Waals surface area contributed by atoms with Crippen LogP contribution < -0.4 is 10.6 Å². The van der Waals surface area contributed by atoms with Crippen LogP contribution in [-0.4, -0.2) is 32.9 Å². The highest BCUT2D eigenvalue weighted by molar-refractivity contribution is 6.10. The molecule has 0 aliphatic heterocycles. The summed E-state index contributed by atoms with van der Waals surface area (Å²) in [4.78, 5) is 38.5. The lowest BCUT2D eigenvalue weighted by Crippen LogP contribution is -2.45. The van der Waals surface area contributed by atoms with E-state index in [1.807, 2.05) is 109 Å². The number of benzene rings is 4. The minimum absolute atomic E-state index is 0.0321. The molecule has 6 nitrogen and oxygen atoms in total. The van der Waals surface area contributed by atoms with Gasteiger partial charge in [0.05, 0.1) is 33.5 Å². The van der Waals surface area contributed by atoms with Crippen molar-refractivity contribution in [1.82, 2.24) is 20.6 Å². The van der Waals surface area contributed by atoms with Crippen molar-refractivity contribution < 1.29 is 9.59 Å². The molecule has 2 amide bonds. The van der Waals surface area contributed by atoms with Crippen LogP contribution in [0.25, 0.3) is 55.4 Å². The van der Waals surface area contributed by atoms with E-state index in [2.05, 4.69) is 79.9 Å². The maximum atomic E-state index is 14.2. The minimum Gasteiger partial charge on any atom is -0.347 e. The van der Waals surface area contributed by atoms with Gasteiger partial charge in [0.15, 0.2) is 0 Å². The summed E-state index contributed by atoms with van der Waals surface area (Å²) in [5.74, 6) is -0.280. The van der Waals surface area contributed by atoms with Gasteiger partial charge >= 0.3 is 0 Å². The van der Waals surface area contributed by atoms with Crippen LogP contribution in [0.1, 0.15) is 103 Å². The number of pyridine rings is 2. The number of carbonyl (C=O) groups excluding carboxylic acids is 2. The van der Waals surface area contributed by atoms with Crippen molar-refractivity contribution in [3.05, 3.63) is 120 Å². The zero-order valence-corrected chi connectivity index (χ0v) is 33.5. The fraction of sp³-hybridized carbons (Fsp3) is 0.333. The third kappa shape index (κ3) is 9.22. The van der Waals surface area contributed by atoms with Crippen LogP contribution in [0, 0.1) is 10.8 Å². The highest BCUT2D eigenvalue weighted by atomic mass is 16.2. The minimum atomic E-state index is -0.433. The Morgan fingerprint density at radius 1 is 0.463 bits per heavy atom. The Kier molecular flexibility index (Phi) is 10.3. The number of hydrogen-bond donors (Lipinski definition) is 2. The summed E-state index contributed by atoms with van der Waals surface area (Å²) >= 11 is 0. The lowest BCUT2D eigenvalue weighted by atomic mass is 9.81. The molecule has 0 fully saturated rings. The maximum Gasteiger partial charge on any atom is 0.252 e. The molecule has 0 saturated carbocycles. The van der Waals surface area contributed by atoms with Gasteiger partial charge in [0.1, 0.15) is 0 Å². The number of fused-ring (bicyclic) bond motifs is 2. The van der Waals surface area contributed by atoms with Gasteiger partial charge in [0, 0.05) is 33.0 Å². The molecule has 278 valence electrons. The SMILES string of the molecule is CC(C)(C)CC(C)(C)NC(=O)c1cc(-c2ccccc2)nc2ccc(-c3ccc4nc(-c5ccccc5)cc(C(=O)NC(C)(C)CC(C)(C)C)c4c3)cc12. The van der Waals surface area contributed by atoms with Gasteiger partial charge in [-0.1, -0.05) is 114 Å². The van der Waals surface area contributed by atoms with Crippen molar-refractivity contribution in [3.8, 4) is 33.6 Å². The van der Waals surface area contributed by atoms with Gasteiger partial charge in [-0.2, -0.15) is 0 Å². The first-order valence-corrected chi connectivity index (χ1v) is 18.9. The number of nitrogens with one attached hydrogen (secondary N) is 2. The van der Waals surface area contributed by atoms with E-state index >= 15 is 0 Å². The van der Waals surface area contributed by atoms with E-state index in [4.69, 9.17) is 9.97 Å². The van der Waals surface area contributed by atoms with Gasteiger partial charge in [0.2, 0.25) is 0 Å². The normalized spacial score (nSPS) is 12.6. The number of aromatic nitrogens is 2. The molecule has 6 aromatic rings. The molecule has 2 heterocycles. The van der Waals surface area contributed by atoms with Crippen LogP contribution in [0.4, 0.5) is 0 Å². The maximum absolute atomic E-state index is 14.2. The molecule has 0 aliphatic carbocycles. The topological polar surface area (TPSA) is 84.0 Å². The molecule has 0 bridgehead atoms. The number of amides is 2. The number of rotatable bonds is 9. The van der Waals surface area contributed by atoms with Crippen molar-refractivity contribution in [2.45, 2.75) is 93.2 Å². The van der Waals surface area contributed by atoms with E-state index in [9.17, 15) is 9.59 Å². The molecular weight excluding hydrogens is 665 g/mol. The summed E-state index contributed by atoms with van der Waals surface area (Å²) in [5.41, 5.74) is 6.99. The molecule has 0 radical (unpaired) electrons. The van der Waals surface area contributed by atoms with Gasteiger partial charge in [-0.05, 0) is 98.9 Å². The van der Waals surface area contributed by atoms with Crippen LogP contribution in [-0.2, 0) is 0 Å². The Balaban J connectivity index is 1.48. The molecule has 0 saturated heterocycles. The number of hydrogen-bond acceptors (Lipinski definition) is 4. The average molecular weight is 719 g/mol. The molecule has 0 aliphatic rings.